The maximum absolute atomic E-state index is 11.7. The molecular weight excluding hydrogens is 212 g/mol. The Morgan fingerprint density at radius 2 is 2.12 bits per heavy atom. The maximum Gasteiger partial charge on any atom is 0.222 e. The Hall–Kier alpha value is -0.570. The van der Waals surface area contributed by atoms with E-state index >= 15 is 0 Å². The van der Waals surface area contributed by atoms with Crippen molar-refractivity contribution in [1.82, 2.24) is 10.2 Å². The lowest BCUT2D eigenvalue weighted by Crippen LogP contribution is -2.45. The van der Waals surface area contributed by atoms with E-state index in [2.05, 4.69) is 17.1 Å². The lowest BCUT2D eigenvalue weighted by atomic mass is 9.97. The van der Waals surface area contributed by atoms with Gasteiger partial charge in [-0.2, -0.15) is 0 Å². The summed E-state index contributed by atoms with van der Waals surface area (Å²) in [6, 6.07) is 0.541. The molecule has 1 saturated heterocycles. The van der Waals surface area contributed by atoms with E-state index < -0.39 is 0 Å². The van der Waals surface area contributed by atoms with Gasteiger partial charge in [-0.3, -0.25) is 4.79 Å². The Bertz CT molecular complexity index is 249. The minimum Gasteiger partial charge on any atom is -0.341 e. The molecule has 1 unspecified atom stereocenters. The molecule has 0 bridgehead atoms. The molecule has 0 spiro atoms. The molecule has 3 nitrogen and oxygen atoms in total. The Kier molecular flexibility index (Phi) is 4.84. The molecule has 1 aliphatic heterocycles. The van der Waals surface area contributed by atoms with Gasteiger partial charge in [0.15, 0.2) is 0 Å². The summed E-state index contributed by atoms with van der Waals surface area (Å²) in [5.74, 6) is 1.17. The summed E-state index contributed by atoms with van der Waals surface area (Å²) < 4.78 is 0. The second-order valence-corrected chi connectivity index (χ2v) is 5.55. The number of nitrogens with one attached hydrogen (secondary N) is 1. The molecule has 98 valence electrons. The molecule has 0 radical (unpaired) electrons. The standard InChI is InChI=1S/C14H26N2O/c1-2-9-15-13(12-6-3-4-7-12)11-16-10-5-8-14(16)17/h12-13,15H,2-11H2,1H3. The third kappa shape index (κ3) is 3.44. The van der Waals surface area contributed by atoms with E-state index in [1.54, 1.807) is 0 Å². The zero-order chi connectivity index (χ0) is 12.1. The zero-order valence-corrected chi connectivity index (χ0v) is 11.1. The van der Waals surface area contributed by atoms with Crippen molar-refractivity contribution in [2.45, 2.75) is 57.9 Å². The van der Waals surface area contributed by atoms with Gasteiger partial charge in [-0.15, -0.1) is 0 Å². The first kappa shape index (κ1) is 12.9. The van der Waals surface area contributed by atoms with Gasteiger partial charge in [-0.1, -0.05) is 19.8 Å². The summed E-state index contributed by atoms with van der Waals surface area (Å²) in [6.07, 6.45) is 8.46. The summed E-state index contributed by atoms with van der Waals surface area (Å²) in [5.41, 5.74) is 0. The van der Waals surface area contributed by atoms with E-state index in [1.165, 1.54) is 32.1 Å². The van der Waals surface area contributed by atoms with Gasteiger partial charge in [0.05, 0.1) is 0 Å². The first-order valence-electron chi connectivity index (χ1n) is 7.32. The first-order chi connectivity index (χ1) is 8.31. The largest absolute Gasteiger partial charge is 0.341 e. The smallest absolute Gasteiger partial charge is 0.222 e. The topological polar surface area (TPSA) is 32.3 Å². The van der Waals surface area contributed by atoms with Crippen molar-refractivity contribution in [2.75, 3.05) is 19.6 Å². The number of rotatable bonds is 6. The Balaban J connectivity index is 1.87. The van der Waals surface area contributed by atoms with Crippen LogP contribution >= 0.6 is 0 Å². The van der Waals surface area contributed by atoms with Crippen LogP contribution in [0.15, 0.2) is 0 Å². The average molecular weight is 238 g/mol. The van der Waals surface area contributed by atoms with Crippen molar-refractivity contribution in [3.8, 4) is 0 Å². The van der Waals surface area contributed by atoms with Crippen molar-refractivity contribution < 1.29 is 4.79 Å². The monoisotopic (exact) mass is 238 g/mol. The van der Waals surface area contributed by atoms with Crippen LogP contribution in [0.1, 0.15) is 51.9 Å². The first-order valence-corrected chi connectivity index (χ1v) is 7.32. The Morgan fingerprint density at radius 1 is 1.35 bits per heavy atom. The molecule has 1 amide bonds. The van der Waals surface area contributed by atoms with Gasteiger partial charge in [0.25, 0.3) is 0 Å². The molecular formula is C14H26N2O. The van der Waals surface area contributed by atoms with Crippen LogP contribution in [0, 0.1) is 5.92 Å². The van der Waals surface area contributed by atoms with Gasteiger partial charge < -0.3 is 10.2 Å². The molecule has 0 aromatic heterocycles. The minimum atomic E-state index is 0.367. The van der Waals surface area contributed by atoms with Crippen molar-refractivity contribution in [1.29, 1.82) is 0 Å². The van der Waals surface area contributed by atoms with Crippen LogP contribution in [-0.4, -0.2) is 36.5 Å². The number of carbonyl (C=O) groups excluding carboxylic acids is 1. The number of carbonyl (C=O) groups is 1. The predicted molar refractivity (Wildman–Crippen MR) is 69.9 cm³/mol. The van der Waals surface area contributed by atoms with E-state index in [1.807, 2.05) is 0 Å². The Morgan fingerprint density at radius 3 is 2.71 bits per heavy atom. The third-order valence-corrected chi connectivity index (χ3v) is 4.21. The number of likely N-dealkylation sites (tertiary alicyclic amines) is 1. The van der Waals surface area contributed by atoms with E-state index in [4.69, 9.17) is 0 Å². The highest BCUT2D eigenvalue weighted by atomic mass is 16.2. The highest BCUT2D eigenvalue weighted by Crippen LogP contribution is 2.28. The number of nitrogens with zero attached hydrogens (tertiary/aromatic N) is 1. The number of amides is 1. The van der Waals surface area contributed by atoms with Crippen molar-refractivity contribution in [3.05, 3.63) is 0 Å². The summed E-state index contributed by atoms with van der Waals surface area (Å²) >= 11 is 0. The normalized spacial score (nSPS) is 23.6. The van der Waals surface area contributed by atoms with Gasteiger partial charge in [0, 0.05) is 25.6 Å². The summed E-state index contributed by atoms with van der Waals surface area (Å²) in [7, 11) is 0. The second-order valence-electron chi connectivity index (χ2n) is 5.55. The molecule has 0 aromatic carbocycles. The van der Waals surface area contributed by atoms with Gasteiger partial charge >= 0.3 is 0 Å². The summed E-state index contributed by atoms with van der Waals surface area (Å²) in [4.78, 5) is 13.8. The molecule has 0 aromatic rings. The van der Waals surface area contributed by atoms with Crippen molar-refractivity contribution in [3.63, 3.8) is 0 Å². The molecule has 1 N–H and O–H groups in total. The van der Waals surface area contributed by atoms with Crippen LogP contribution in [0.25, 0.3) is 0 Å². The van der Waals surface area contributed by atoms with E-state index in [-0.39, 0.29) is 0 Å². The fourth-order valence-electron chi connectivity index (χ4n) is 3.20. The molecule has 1 atom stereocenters. The predicted octanol–water partition coefficient (Wildman–Crippen LogP) is 2.17. The molecule has 2 rings (SSSR count). The lowest BCUT2D eigenvalue weighted by molar-refractivity contribution is -0.128. The summed E-state index contributed by atoms with van der Waals surface area (Å²) in [6.45, 7) is 5.22. The number of hydrogen-bond acceptors (Lipinski definition) is 2. The molecule has 2 aliphatic rings. The fraction of sp³-hybridized carbons (Fsp3) is 0.929. The Labute approximate surface area is 105 Å². The molecule has 1 aliphatic carbocycles. The van der Waals surface area contributed by atoms with Gasteiger partial charge in [-0.25, -0.2) is 0 Å². The van der Waals surface area contributed by atoms with E-state index in [0.717, 1.165) is 38.4 Å². The summed E-state index contributed by atoms with van der Waals surface area (Å²) in [5, 5.41) is 3.66. The molecule has 2 fully saturated rings. The van der Waals surface area contributed by atoms with Crippen molar-refractivity contribution in [2.24, 2.45) is 5.92 Å². The number of hydrogen-bond donors (Lipinski definition) is 1. The van der Waals surface area contributed by atoms with Crippen molar-refractivity contribution >= 4 is 5.91 Å². The van der Waals surface area contributed by atoms with Crippen LogP contribution < -0.4 is 5.32 Å². The van der Waals surface area contributed by atoms with Crippen LogP contribution in [-0.2, 0) is 4.79 Å². The van der Waals surface area contributed by atoms with Gasteiger partial charge in [0.2, 0.25) is 5.91 Å². The third-order valence-electron chi connectivity index (χ3n) is 4.21. The minimum absolute atomic E-state index is 0.367. The SMILES string of the molecule is CCCNC(CN1CCCC1=O)C1CCCC1. The van der Waals surface area contributed by atoms with Gasteiger partial charge in [0.1, 0.15) is 0 Å². The van der Waals surface area contributed by atoms with Crippen LogP contribution in [0.3, 0.4) is 0 Å². The molecule has 17 heavy (non-hydrogen) atoms. The fourth-order valence-corrected chi connectivity index (χ4v) is 3.20. The lowest BCUT2D eigenvalue weighted by Gasteiger charge is -2.29. The maximum atomic E-state index is 11.7. The van der Waals surface area contributed by atoms with E-state index in [0.29, 0.717) is 11.9 Å². The second kappa shape index (κ2) is 6.39. The van der Waals surface area contributed by atoms with Gasteiger partial charge in [-0.05, 0) is 38.1 Å². The van der Waals surface area contributed by atoms with Crippen LogP contribution in [0.2, 0.25) is 0 Å². The van der Waals surface area contributed by atoms with E-state index in [9.17, 15) is 4.79 Å². The molecule has 3 heteroatoms. The molecule has 1 heterocycles. The van der Waals surface area contributed by atoms with Crippen LogP contribution in [0.5, 0.6) is 0 Å². The molecule has 1 saturated carbocycles. The average Bonchev–Trinajstić information content (AvgIpc) is 2.96. The highest BCUT2D eigenvalue weighted by Gasteiger charge is 2.29. The zero-order valence-electron chi connectivity index (χ0n) is 11.1. The highest BCUT2D eigenvalue weighted by molar-refractivity contribution is 5.78. The quantitative estimate of drug-likeness (QED) is 0.769. The van der Waals surface area contributed by atoms with Crippen LogP contribution in [0.4, 0.5) is 0 Å².